The molecule has 0 bridgehead atoms. The lowest BCUT2D eigenvalue weighted by molar-refractivity contribution is 0.0951. The third kappa shape index (κ3) is 5.15. The standard InChI is InChI=1S/C21H27N3O/c22-14-17-8-10-20(11-9-17)21(25)23-15-18-4-6-19(7-5-18)16-24-12-2-1-3-13-24/h4-11H,1-3,12-16,22H2,(H,23,25). The van der Waals surface area contributed by atoms with Crippen molar-refractivity contribution < 1.29 is 4.79 Å². The van der Waals surface area contributed by atoms with Crippen LogP contribution in [-0.4, -0.2) is 23.9 Å². The zero-order valence-electron chi connectivity index (χ0n) is 14.7. The van der Waals surface area contributed by atoms with Crippen LogP contribution in [0.2, 0.25) is 0 Å². The molecule has 0 radical (unpaired) electrons. The van der Waals surface area contributed by atoms with Gasteiger partial charge in [0.15, 0.2) is 0 Å². The van der Waals surface area contributed by atoms with Crippen LogP contribution in [0.1, 0.15) is 46.3 Å². The fraction of sp³-hybridized carbons (Fsp3) is 0.381. The first kappa shape index (κ1) is 17.6. The Bertz CT molecular complexity index is 673. The molecule has 0 atom stereocenters. The highest BCUT2D eigenvalue weighted by atomic mass is 16.1. The number of likely N-dealkylation sites (tertiary alicyclic amines) is 1. The van der Waals surface area contributed by atoms with Crippen molar-refractivity contribution >= 4 is 5.91 Å². The number of carbonyl (C=O) groups excluding carboxylic acids is 1. The van der Waals surface area contributed by atoms with Gasteiger partial charge in [-0.05, 0) is 54.8 Å². The van der Waals surface area contributed by atoms with E-state index in [0.717, 1.165) is 17.7 Å². The van der Waals surface area contributed by atoms with E-state index in [4.69, 9.17) is 5.73 Å². The highest BCUT2D eigenvalue weighted by molar-refractivity contribution is 5.94. The van der Waals surface area contributed by atoms with Crippen molar-refractivity contribution in [3.8, 4) is 0 Å². The molecule has 1 heterocycles. The highest BCUT2D eigenvalue weighted by Crippen LogP contribution is 2.13. The molecule has 0 aliphatic carbocycles. The predicted molar refractivity (Wildman–Crippen MR) is 101 cm³/mol. The van der Waals surface area contributed by atoms with E-state index in [1.54, 1.807) is 0 Å². The molecule has 3 rings (SSSR count). The molecule has 2 aromatic rings. The average Bonchev–Trinajstić information content (AvgIpc) is 2.68. The molecule has 0 saturated carbocycles. The van der Waals surface area contributed by atoms with Gasteiger partial charge in [0.25, 0.3) is 5.91 Å². The summed E-state index contributed by atoms with van der Waals surface area (Å²) in [7, 11) is 0. The van der Waals surface area contributed by atoms with Crippen molar-refractivity contribution in [2.45, 2.75) is 38.9 Å². The molecular weight excluding hydrogens is 310 g/mol. The Morgan fingerprint density at radius 2 is 1.48 bits per heavy atom. The molecule has 4 nitrogen and oxygen atoms in total. The fourth-order valence-electron chi connectivity index (χ4n) is 3.21. The van der Waals surface area contributed by atoms with E-state index in [2.05, 4.69) is 34.5 Å². The minimum Gasteiger partial charge on any atom is -0.348 e. The van der Waals surface area contributed by atoms with Crippen LogP contribution >= 0.6 is 0 Å². The lowest BCUT2D eigenvalue weighted by Crippen LogP contribution is -2.29. The van der Waals surface area contributed by atoms with Crippen molar-refractivity contribution in [3.63, 3.8) is 0 Å². The maximum atomic E-state index is 12.2. The molecule has 25 heavy (non-hydrogen) atoms. The van der Waals surface area contributed by atoms with Gasteiger partial charge in [0.05, 0.1) is 0 Å². The average molecular weight is 337 g/mol. The van der Waals surface area contributed by atoms with E-state index in [1.807, 2.05) is 24.3 Å². The van der Waals surface area contributed by atoms with Crippen LogP contribution in [0.5, 0.6) is 0 Å². The van der Waals surface area contributed by atoms with Crippen LogP contribution in [-0.2, 0) is 19.6 Å². The minimum absolute atomic E-state index is 0.0547. The van der Waals surface area contributed by atoms with Gasteiger partial charge >= 0.3 is 0 Å². The second kappa shape index (κ2) is 8.79. The van der Waals surface area contributed by atoms with Crippen molar-refractivity contribution in [1.82, 2.24) is 10.2 Å². The Kier molecular flexibility index (Phi) is 6.20. The predicted octanol–water partition coefficient (Wildman–Crippen LogP) is 3.06. The summed E-state index contributed by atoms with van der Waals surface area (Å²) in [6.07, 6.45) is 4.00. The van der Waals surface area contributed by atoms with Crippen LogP contribution in [0.4, 0.5) is 0 Å². The van der Waals surface area contributed by atoms with Gasteiger partial charge in [-0.1, -0.05) is 42.8 Å². The summed E-state index contributed by atoms with van der Waals surface area (Å²) in [5, 5.41) is 2.97. The summed E-state index contributed by atoms with van der Waals surface area (Å²) in [4.78, 5) is 14.7. The van der Waals surface area contributed by atoms with Gasteiger partial charge < -0.3 is 11.1 Å². The Hall–Kier alpha value is -2.17. The molecule has 1 saturated heterocycles. The number of nitrogens with zero attached hydrogens (tertiary/aromatic N) is 1. The zero-order valence-corrected chi connectivity index (χ0v) is 14.7. The first-order chi connectivity index (χ1) is 12.2. The van der Waals surface area contributed by atoms with Crippen LogP contribution in [0.3, 0.4) is 0 Å². The zero-order chi connectivity index (χ0) is 17.5. The van der Waals surface area contributed by atoms with Gasteiger partial charge in [-0.3, -0.25) is 9.69 Å². The fourth-order valence-corrected chi connectivity index (χ4v) is 3.21. The number of piperidine rings is 1. The SMILES string of the molecule is NCc1ccc(C(=O)NCc2ccc(CN3CCCCC3)cc2)cc1. The summed E-state index contributed by atoms with van der Waals surface area (Å²) in [6, 6.07) is 16.0. The normalized spacial score (nSPS) is 15.1. The molecule has 0 spiro atoms. The van der Waals surface area contributed by atoms with Crippen LogP contribution < -0.4 is 11.1 Å². The van der Waals surface area contributed by atoms with Gasteiger partial charge in [0.1, 0.15) is 0 Å². The van der Waals surface area contributed by atoms with Gasteiger partial charge in [-0.15, -0.1) is 0 Å². The van der Waals surface area contributed by atoms with E-state index in [1.165, 1.54) is 37.9 Å². The van der Waals surface area contributed by atoms with Crippen LogP contribution in [0.15, 0.2) is 48.5 Å². The first-order valence-corrected chi connectivity index (χ1v) is 9.12. The Morgan fingerprint density at radius 3 is 2.12 bits per heavy atom. The lowest BCUT2D eigenvalue weighted by atomic mass is 10.1. The third-order valence-corrected chi connectivity index (χ3v) is 4.78. The molecular formula is C21H27N3O. The number of hydrogen-bond acceptors (Lipinski definition) is 3. The van der Waals surface area contributed by atoms with Gasteiger partial charge in [0, 0.05) is 25.2 Å². The molecule has 1 amide bonds. The quantitative estimate of drug-likeness (QED) is 0.852. The van der Waals surface area contributed by atoms with Crippen molar-refractivity contribution in [2.24, 2.45) is 5.73 Å². The lowest BCUT2D eigenvalue weighted by Gasteiger charge is -2.26. The Labute approximate surface area is 150 Å². The van der Waals surface area contributed by atoms with Gasteiger partial charge in [-0.2, -0.15) is 0 Å². The van der Waals surface area contributed by atoms with E-state index < -0.39 is 0 Å². The summed E-state index contributed by atoms with van der Waals surface area (Å²) in [5.41, 5.74) is 9.73. The van der Waals surface area contributed by atoms with E-state index in [-0.39, 0.29) is 5.91 Å². The summed E-state index contributed by atoms with van der Waals surface area (Å²) < 4.78 is 0. The summed E-state index contributed by atoms with van der Waals surface area (Å²) in [5.74, 6) is -0.0547. The van der Waals surface area contributed by atoms with Crippen LogP contribution in [0, 0.1) is 0 Å². The Morgan fingerprint density at radius 1 is 0.880 bits per heavy atom. The van der Waals surface area contributed by atoms with Crippen molar-refractivity contribution in [2.75, 3.05) is 13.1 Å². The maximum Gasteiger partial charge on any atom is 0.251 e. The van der Waals surface area contributed by atoms with Crippen molar-refractivity contribution in [1.29, 1.82) is 0 Å². The summed E-state index contributed by atoms with van der Waals surface area (Å²) >= 11 is 0. The number of benzene rings is 2. The van der Waals surface area contributed by atoms with Crippen LogP contribution in [0.25, 0.3) is 0 Å². The molecule has 132 valence electrons. The van der Waals surface area contributed by atoms with Gasteiger partial charge in [-0.25, -0.2) is 0 Å². The molecule has 1 aliphatic rings. The van der Waals surface area contributed by atoms with Crippen molar-refractivity contribution in [3.05, 3.63) is 70.8 Å². The topological polar surface area (TPSA) is 58.4 Å². The molecule has 2 aromatic carbocycles. The number of amides is 1. The van der Waals surface area contributed by atoms with Gasteiger partial charge in [0.2, 0.25) is 0 Å². The molecule has 3 N–H and O–H groups in total. The second-order valence-corrected chi connectivity index (χ2v) is 6.74. The highest BCUT2D eigenvalue weighted by Gasteiger charge is 2.10. The van der Waals surface area contributed by atoms with E-state index >= 15 is 0 Å². The monoisotopic (exact) mass is 337 g/mol. The number of rotatable bonds is 6. The second-order valence-electron chi connectivity index (χ2n) is 6.74. The number of nitrogens with one attached hydrogen (secondary N) is 1. The van der Waals surface area contributed by atoms with E-state index in [0.29, 0.717) is 18.7 Å². The Balaban J connectivity index is 1.49. The molecule has 1 aliphatic heterocycles. The largest absolute Gasteiger partial charge is 0.348 e. The third-order valence-electron chi connectivity index (χ3n) is 4.78. The number of carbonyl (C=O) groups is 1. The summed E-state index contributed by atoms with van der Waals surface area (Å²) in [6.45, 7) is 4.48. The minimum atomic E-state index is -0.0547. The molecule has 0 aromatic heterocycles. The molecule has 1 fully saturated rings. The number of hydrogen-bond donors (Lipinski definition) is 2. The number of nitrogens with two attached hydrogens (primary N) is 1. The molecule has 4 heteroatoms. The first-order valence-electron chi connectivity index (χ1n) is 9.12. The van der Waals surface area contributed by atoms with E-state index in [9.17, 15) is 4.79 Å². The molecule has 0 unspecified atom stereocenters. The smallest absolute Gasteiger partial charge is 0.251 e. The maximum absolute atomic E-state index is 12.2.